The summed E-state index contributed by atoms with van der Waals surface area (Å²) in [6.45, 7) is 5.72. The zero-order valence-corrected chi connectivity index (χ0v) is 20.7. The second-order valence-corrected chi connectivity index (χ2v) is 8.63. The fourth-order valence-electron chi connectivity index (χ4n) is 4.20. The average Bonchev–Trinajstić information content (AvgIpc) is 3.51. The fraction of sp³-hybridized carbons (Fsp3) is 0.407. The highest BCUT2D eigenvalue weighted by molar-refractivity contribution is 5.95. The highest BCUT2D eigenvalue weighted by atomic mass is 16.5. The van der Waals surface area contributed by atoms with Crippen LogP contribution in [-0.4, -0.2) is 49.4 Å². The zero-order valence-electron chi connectivity index (χ0n) is 20.7. The highest BCUT2D eigenvalue weighted by Gasteiger charge is 2.25. The number of hydrogen-bond acceptors (Lipinski definition) is 7. The predicted molar refractivity (Wildman–Crippen MR) is 130 cm³/mol. The van der Waals surface area contributed by atoms with Crippen LogP contribution < -0.4 is 14.2 Å². The Morgan fingerprint density at radius 3 is 2.66 bits per heavy atom. The van der Waals surface area contributed by atoms with E-state index in [1.165, 1.54) is 0 Å². The number of aryl methyl sites for hydroxylation is 2. The Balaban J connectivity index is 1.54. The van der Waals surface area contributed by atoms with Crippen molar-refractivity contribution in [2.45, 2.75) is 45.9 Å². The Hall–Kier alpha value is -3.52. The summed E-state index contributed by atoms with van der Waals surface area (Å²) in [5.41, 5.74) is 3.19. The van der Waals surface area contributed by atoms with Crippen molar-refractivity contribution in [2.24, 2.45) is 0 Å². The molecule has 1 amide bonds. The van der Waals surface area contributed by atoms with E-state index in [4.69, 9.17) is 23.5 Å². The summed E-state index contributed by atoms with van der Waals surface area (Å²) in [4.78, 5) is 15.5. The number of ether oxygens (including phenoxy) is 4. The Morgan fingerprint density at radius 2 is 1.97 bits per heavy atom. The zero-order chi connectivity index (χ0) is 24.8. The van der Waals surface area contributed by atoms with E-state index in [0.29, 0.717) is 36.8 Å². The van der Waals surface area contributed by atoms with Gasteiger partial charge in [-0.2, -0.15) is 0 Å². The molecule has 2 heterocycles. The molecule has 1 unspecified atom stereocenters. The van der Waals surface area contributed by atoms with E-state index >= 15 is 0 Å². The molecule has 0 aliphatic carbocycles. The third-order valence-corrected chi connectivity index (χ3v) is 6.21. The summed E-state index contributed by atoms with van der Waals surface area (Å²) in [6, 6.07) is 13.0. The van der Waals surface area contributed by atoms with Crippen LogP contribution in [0.4, 0.5) is 0 Å². The number of carbonyl (C=O) groups excluding carboxylic acids is 1. The summed E-state index contributed by atoms with van der Waals surface area (Å²) >= 11 is 0. The maximum absolute atomic E-state index is 13.6. The molecular formula is C27H32N2O6. The van der Waals surface area contributed by atoms with E-state index in [0.717, 1.165) is 47.8 Å². The Bertz CT molecular complexity index is 1130. The fourth-order valence-corrected chi connectivity index (χ4v) is 4.20. The number of rotatable bonds is 10. The van der Waals surface area contributed by atoms with E-state index in [9.17, 15) is 4.79 Å². The lowest BCUT2D eigenvalue weighted by Gasteiger charge is -2.26. The van der Waals surface area contributed by atoms with Crippen molar-refractivity contribution in [2.75, 3.05) is 27.4 Å². The van der Waals surface area contributed by atoms with Crippen molar-refractivity contribution in [3.63, 3.8) is 0 Å². The topological polar surface area (TPSA) is 83.3 Å². The summed E-state index contributed by atoms with van der Waals surface area (Å²) in [5, 5.41) is 3.96. The van der Waals surface area contributed by atoms with E-state index in [2.05, 4.69) is 5.16 Å². The van der Waals surface area contributed by atoms with Crippen molar-refractivity contribution in [1.82, 2.24) is 10.1 Å². The van der Waals surface area contributed by atoms with Gasteiger partial charge < -0.3 is 28.4 Å². The number of hydrogen-bond donors (Lipinski definition) is 0. The molecule has 35 heavy (non-hydrogen) atoms. The molecule has 0 radical (unpaired) electrons. The number of aromatic nitrogens is 1. The van der Waals surface area contributed by atoms with Gasteiger partial charge in [0.05, 0.1) is 31.6 Å². The molecule has 186 valence electrons. The van der Waals surface area contributed by atoms with Crippen LogP contribution in [-0.2, 0) is 17.9 Å². The summed E-state index contributed by atoms with van der Waals surface area (Å²) < 4.78 is 27.9. The Morgan fingerprint density at radius 1 is 1.11 bits per heavy atom. The number of amides is 1. The van der Waals surface area contributed by atoms with Crippen LogP contribution in [0.25, 0.3) is 0 Å². The first-order valence-electron chi connectivity index (χ1n) is 11.7. The Kier molecular flexibility index (Phi) is 7.92. The maximum Gasteiger partial charge on any atom is 0.254 e. The smallest absolute Gasteiger partial charge is 0.254 e. The SMILES string of the molecule is COc1cccc(CN(CC2CCCO2)C(=O)c2ccc(OCc3c(C)noc3C)c(OC)c2)c1. The highest BCUT2D eigenvalue weighted by Crippen LogP contribution is 2.30. The van der Waals surface area contributed by atoms with Crippen molar-refractivity contribution in [3.05, 3.63) is 70.6 Å². The minimum atomic E-state index is -0.0982. The molecule has 1 atom stereocenters. The van der Waals surface area contributed by atoms with Gasteiger partial charge >= 0.3 is 0 Å². The molecule has 4 rings (SSSR count). The monoisotopic (exact) mass is 480 g/mol. The number of nitrogens with zero attached hydrogens (tertiary/aromatic N) is 2. The molecule has 2 aromatic carbocycles. The number of methoxy groups -OCH3 is 2. The molecule has 1 aromatic heterocycles. The van der Waals surface area contributed by atoms with Crippen LogP contribution in [0, 0.1) is 13.8 Å². The van der Waals surface area contributed by atoms with Gasteiger partial charge in [-0.05, 0) is 62.6 Å². The van der Waals surface area contributed by atoms with Gasteiger partial charge in [0, 0.05) is 25.3 Å². The molecule has 0 bridgehead atoms. The molecule has 3 aromatic rings. The second-order valence-electron chi connectivity index (χ2n) is 8.63. The molecule has 1 fully saturated rings. The quantitative estimate of drug-likeness (QED) is 0.416. The van der Waals surface area contributed by atoms with Gasteiger partial charge in [-0.3, -0.25) is 4.79 Å². The van der Waals surface area contributed by atoms with Crippen molar-refractivity contribution >= 4 is 5.91 Å². The van der Waals surface area contributed by atoms with Crippen LogP contribution in [0.1, 0.15) is 45.8 Å². The number of benzene rings is 2. The summed E-state index contributed by atoms with van der Waals surface area (Å²) in [5.74, 6) is 2.41. The largest absolute Gasteiger partial charge is 0.497 e. The third kappa shape index (κ3) is 5.95. The molecule has 8 nitrogen and oxygen atoms in total. The van der Waals surface area contributed by atoms with Gasteiger partial charge in [-0.15, -0.1) is 0 Å². The molecule has 0 spiro atoms. The van der Waals surface area contributed by atoms with Crippen LogP contribution >= 0.6 is 0 Å². The normalized spacial score (nSPS) is 15.1. The Labute approximate surface area is 205 Å². The molecule has 0 N–H and O–H groups in total. The molecule has 1 aliphatic rings. The van der Waals surface area contributed by atoms with Gasteiger partial charge in [0.15, 0.2) is 11.5 Å². The molecule has 1 aliphatic heterocycles. The lowest BCUT2D eigenvalue weighted by Crippen LogP contribution is -2.37. The van der Waals surface area contributed by atoms with Gasteiger partial charge in [-0.1, -0.05) is 17.3 Å². The molecule has 8 heteroatoms. The lowest BCUT2D eigenvalue weighted by molar-refractivity contribution is 0.0507. The van der Waals surface area contributed by atoms with Gasteiger partial charge in [0.2, 0.25) is 0 Å². The van der Waals surface area contributed by atoms with E-state index in [1.807, 2.05) is 43.0 Å². The average molecular weight is 481 g/mol. The van der Waals surface area contributed by atoms with E-state index in [1.54, 1.807) is 32.4 Å². The van der Waals surface area contributed by atoms with Gasteiger partial charge in [0.25, 0.3) is 5.91 Å². The van der Waals surface area contributed by atoms with Crippen molar-refractivity contribution in [1.29, 1.82) is 0 Å². The maximum atomic E-state index is 13.6. The summed E-state index contributed by atoms with van der Waals surface area (Å²) in [6.07, 6.45) is 1.99. The minimum Gasteiger partial charge on any atom is -0.497 e. The first-order valence-corrected chi connectivity index (χ1v) is 11.7. The standard InChI is InChI=1S/C27H32N2O6/c1-18-24(19(2)35-28-18)17-34-25-11-10-21(14-26(25)32-4)27(30)29(16-23-9-6-12-33-23)15-20-7-5-8-22(13-20)31-3/h5,7-8,10-11,13-14,23H,6,9,12,15-17H2,1-4H3. The van der Waals surface area contributed by atoms with Crippen molar-refractivity contribution < 1.29 is 28.3 Å². The van der Waals surface area contributed by atoms with Crippen LogP contribution in [0.15, 0.2) is 47.0 Å². The number of carbonyl (C=O) groups is 1. The second kappa shape index (κ2) is 11.3. The van der Waals surface area contributed by atoms with Crippen molar-refractivity contribution in [3.8, 4) is 17.2 Å². The summed E-state index contributed by atoms with van der Waals surface area (Å²) in [7, 11) is 3.20. The predicted octanol–water partition coefficient (Wildman–Crippen LogP) is 4.71. The molecular weight excluding hydrogens is 448 g/mol. The van der Waals surface area contributed by atoms with E-state index in [-0.39, 0.29) is 12.0 Å². The first kappa shape index (κ1) is 24.6. The van der Waals surface area contributed by atoms with Crippen LogP contribution in [0.2, 0.25) is 0 Å². The van der Waals surface area contributed by atoms with Gasteiger partial charge in [0.1, 0.15) is 18.1 Å². The third-order valence-electron chi connectivity index (χ3n) is 6.21. The van der Waals surface area contributed by atoms with Crippen LogP contribution in [0.3, 0.4) is 0 Å². The van der Waals surface area contributed by atoms with Gasteiger partial charge in [-0.25, -0.2) is 0 Å². The van der Waals surface area contributed by atoms with Crippen LogP contribution in [0.5, 0.6) is 17.2 Å². The first-order chi connectivity index (χ1) is 17.0. The van der Waals surface area contributed by atoms with E-state index < -0.39 is 0 Å². The lowest BCUT2D eigenvalue weighted by atomic mass is 10.1. The minimum absolute atomic E-state index is 0.0316. The molecule has 0 saturated carbocycles. The molecule has 1 saturated heterocycles.